The van der Waals surface area contributed by atoms with E-state index < -0.39 is 0 Å². The first-order valence-electron chi connectivity index (χ1n) is 6.96. The van der Waals surface area contributed by atoms with E-state index in [1.165, 1.54) is 5.56 Å². The maximum absolute atomic E-state index is 6.35. The van der Waals surface area contributed by atoms with Gasteiger partial charge in [0.15, 0.2) is 0 Å². The molecule has 0 aliphatic heterocycles. The number of nitrogens with two attached hydrogens (primary N) is 1. The number of likely N-dealkylation sites (N-methyl/N-ethyl adjacent to an activating group) is 1. The Hall–Kier alpha value is -0.380. The fraction of sp³-hybridized carbons (Fsp3) is 0.625. The van der Waals surface area contributed by atoms with Crippen LogP contribution < -0.4 is 5.73 Å². The number of nitrogens with zero attached hydrogens (tertiary/aromatic N) is 1. The zero-order valence-corrected chi connectivity index (χ0v) is 14.4. The highest BCUT2D eigenvalue weighted by Gasteiger charge is 2.26. The quantitative estimate of drug-likeness (QED) is 0.878. The van der Waals surface area contributed by atoms with Crippen LogP contribution in [-0.2, 0) is 0 Å². The van der Waals surface area contributed by atoms with E-state index in [9.17, 15) is 0 Å². The first-order chi connectivity index (χ1) is 8.74. The second-order valence-electron chi connectivity index (χ2n) is 6.54. The fourth-order valence-electron chi connectivity index (χ4n) is 2.56. The molecule has 0 amide bonds. The molecule has 2 unspecified atom stereocenters. The van der Waals surface area contributed by atoms with Crippen LogP contribution in [0.1, 0.15) is 45.7 Å². The first-order valence-corrected chi connectivity index (χ1v) is 7.75. The minimum absolute atomic E-state index is 0.161. The van der Waals surface area contributed by atoms with Gasteiger partial charge in [0.25, 0.3) is 0 Å². The summed E-state index contributed by atoms with van der Waals surface area (Å²) in [4.78, 5) is 2.39. The Balaban J connectivity index is 2.98. The standard InChI is InChI=1S/C16H27BrN2/c1-6-14(18)15(19(5)11-16(2,3)4)12-7-9-13(17)10-8-12/h7-10,14-15H,6,11,18H2,1-5H3. The summed E-state index contributed by atoms with van der Waals surface area (Å²) < 4.78 is 1.11. The van der Waals surface area contributed by atoms with Crippen LogP contribution in [0.3, 0.4) is 0 Å². The van der Waals surface area contributed by atoms with Crippen LogP contribution in [0.25, 0.3) is 0 Å². The molecule has 0 radical (unpaired) electrons. The van der Waals surface area contributed by atoms with Gasteiger partial charge in [0, 0.05) is 23.1 Å². The van der Waals surface area contributed by atoms with E-state index in [1.54, 1.807) is 0 Å². The lowest BCUT2D eigenvalue weighted by Crippen LogP contribution is -2.42. The second kappa shape index (κ2) is 6.87. The summed E-state index contributed by atoms with van der Waals surface area (Å²) in [7, 11) is 2.17. The lowest BCUT2D eigenvalue weighted by Gasteiger charge is -2.36. The molecule has 1 aromatic carbocycles. The highest BCUT2D eigenvalue weighted by Crippen LogP contribution is 2.28. The molecule has 0 fully saturated rings. The monoisotopic (exact) mass is 326 g/mol. The topological polar surface area (TPSA) is 29.3 Å². The Morgan fingerprint density at radius 3 is 2.16 bits per heavy atom. The molecule has 1 aromatic rings. The van der Waals surface area contributed by atoms with Crippen molar-refractivity contribution in [2.24, 2.45) is 11.1 Å². The lowest BCUT2D eigenvalue weighted by molar-refractivity contribution is 0.151. The summed E-state index contributed by atoms with van der Waals surface area (Å²) in [5, 5.41) is 0. The maximum atomic E-state index is 6.35. The molecule has 0 saturated carbocycles. The molecule has 1 rings (SSSR count). The minimum Gasteiger partial charge on any atom is -0.326 e. The van der Waals surface area contributed by atoms with Crippen molar-refractivity contribution in [3.05, 3.63) is 34.3 Å². The maximum Gasteiger partial charge on any atom is 0.0496 e. The van der Waals surface area contributed by atoms with Gasteiger partial charge in [0.05, 0.1) is 0 Å². The molecular weight excluding hydrogens is 300 g/mol. The predicted octanol–water partition coefficient (Wildman–Crippen LogP) is 4.21. The van der Waals surface area contributed by atoms with Crippen LogP contribution in [0.4, 0.5) is 0 Å². The molecule has 0 saturated heterocycles. The third-order valence-electron chi connectivity index (χ3n) is 3.29. The van der Waals surface area contributed by atoms with Gasteiger partial charge in [0.2, 0.25) is 0 Å². The molecule has 108 valence electrons. The van der Waals surface area contributed by atoms with E-state index >= 15 is 0 Å². The summed E-state index contributed by atoms with van der Waals surface area (Å²) in [6.45, 7) is 9.97. The number of benzene rings is 1. The van der Waals surface area contributed by atoms with Gasteiger partial charge in [-0.25, -0.2) is 0 Å². The van der Waals surface area contributed by atoms with Crippen molar-refractivity contribution < 1.29 is 0 Å². The minimum atomic E-state index is 0.161. The summed E-state index contributed by atoms with van der Waals surface area (Å²) in [5.41, 5.74) is 7.92. The molecule has 2 atom stereocenters. The Morgan fingerprint density at radius 2 is 1.74 bits per heavy atom. The van der Waals surface area contributed by atoms with Crippen LogP contribution in [-0.4, -0.2) is 24.5 Å². The van der Waals surface area contributed by atoms with Gasteiger partial charge in [-0.1, -0.05) is 55.8 Å². The molecule has 0 aliphatic carbocycles. The molecule has 3 heteroatoms. The van der Waals surface area contributed by atoms with E-state index in [0.717, 1.165) is 17.4 Å². The van der Waals surface area contributed by atoms with Crippen molar-refractivity contribution in [1.29, 1.82) is 0 Å². The Bertz CT molecular complexity index is 381. The van der Waals surface area contributed by atoms with E-state index in [2.05, 4.69) is 79.8 Å². The molecule has 0 aromatic heterocycles. The van der Waals surface area contributed by atoms with Crippen LogP contribution in [0.15, 0.2) is 28.7 Å². The van der Waals surface area contributed by atoms with Gasteiger partial charge in [0.1, 0.15) is 0 Å². The Labute approximate surface area is 126 Å². The van der Waals surface area contributed by atoms with Crippen molar-refractivity contribution in [3.63, 3.8) is 0 Å². The number of rotatable bonds is 5. The van der Waals surface area contributed by atoms with Crippen molar-refractivity contribution >= 4 is 15.9 Å². The average Bonchev–Trinajstić information content (AvgIpc) is 2.29. The summed E-state index contributed by atoms with van der Waals surface area (Å²) >= 11 is 3.49. The Morgan fingerprint density at radius 1 is 1.21 bits per heavy atom. The second-order valence-corrected chi connectivity index (χ2v) is 7.46. The van der Waals surface area contributed by atoms with Crippen molar-refractivity contribution in [1.82, 2.24) is 4.90 Å². The van der Waals surface area contributed by atoms with Gasteiger partial charge in [-0.05, 0) is 36.6 Å². The molecule has 0 bridgehead atoms. The number of halogens is 1. The van der Waals surface area contributed by atoms with E-state index in [0.29, 0.717) is 0 Å². The summed E-state index contributed by atoms with van der Waals surface area (Å²) in [6, 6.07) is 8.96. The van der Waals surface area contributed by atoms with Gasteiger partial charge in [-0.3, -0.25) is 4.90 Å². The van der Waals surface area contributed by atoms with Gasteiger partial charge < -0.3 is 5.73 Å². The average molecular weight is 327 g/mol. The molecule has 0 spiro atoms. The summed E-state index contributed by atoms with van der Waals surface area (Å²) in [6.07, 6.45) is 0.981. The SMILES string of the molecule is CCC(N)C(c1ccc(Br)cc1)N(C)CC(C)(C)C. The molecular formula is C16H27BrN2. The van der Waals surface area contributed by atoms with Gasteiger partial charge >= 0.3 is 0 Å². The highest BCUT2D eigenvalue weighted by atomic mass is 79.9. The van der Waals surface area contributed by atoms with Gasteiger partial charge in [-0.2, -0.15) is 0 Å². The lowest BCUT2D eigenvalue weighted by atomic mass is 9.91. The number of hydrogen-bond donors (Lipinski definition) is 1. The van der Waals surface area contributed by atoms with Crippen molar-refractivity contribution in [2.75, 3.05) is 13.6 Å². The third kappa shape index (κ3) is 5.25. The Kier molecular flexibility index (Phi) is 6.03. The van der Waals surface area contributed by atoms with Crippen LogP contribution in [0.5, 0.6) is 0 Å². The third-order valence-corrected chi connectivity index (χ3v) is 3.82. The van der Waals surface area contributed by atoms with E-state index in [1.807, 2.05) is 0 Å². The van der Waals surface area contributed by atoms with Gasteiger partial charge in [-0.15, -0.1) is 0 Å². The van der Waals surface area contributed by atoms with E-state index in [4.69, 9.17) is 5.73 Å². The number of hydrogen-bond acceptors (Lipinski definition) is 2. The first kappa shape index (κ1) is 16.7. The highest BCUT2D eigenvalue weighted by molar-refractivity contribution is 9.10. The predicted molar refractivity (Wildman–Crippen MR) is 87.2 cm³/mol. The van der Waals surface area contributed by atoms with Crippen LogP contribution in [0, 0.1) is 5.41 Å². The molecule has 0 aliphatic rings. The van der Waals surface area contributed by atoms with Crippen molar-refractivity contribution in [2.45, 2.75) is 46.2 Å². The van der Waals surface area contributed by atoms with E-state index in [-0.39, 0.29) is 17.5 Å². The molecule has 19 heavy (non-hydrogen) atoms. The molecule has 2 N–H and O–H groups in total. The summed E-state index contributed by atoms with van der Waals surface area (Å²) in [5.74, 6) is 0. The fourth-order valence-corrected chi connectivity index (χ4v) is 2.82. The van der Waals surface area contributed by atoms with Crippen molar-refractivity contribution in [3.8, 4) is 0 Å². The zero-order chi connectivity index (χ0) is 14.6. The zero-order valence-electron chi connectivity index (χ0n) is 12.8. The molecule has 0 heterocycles. The van der Waals surface area contributed by atoms with Crippen LogP contribution >= 0.6 is 15.9 Å². The van der Waals surface area contributed by atoms with Crippen LogP contribution in [0.2, 0.25) is 0 Å². The molecule has 2 nitrogen and oxygen atoms in total. The smallest absolute Gasteiger partial charge is 0.0496 e. The largest absolute Gasteiger partial charge is 0.326 e. The normalized spacial score (nSPS) is 15.6.